The normalized spacial score (nSPS) is 17.4. The molecule has 2 heterocycles. The number of carbonyl (C=O) groups excluding carboxylic acids is 1. The first-order valence-corrected chi connectivity index (χ1v) is 6.11. The number of nitrogens with zero attached hydrogens (tertiary/aromatic N) is 2. The lowest BCUT2D eigenvalue weighted by molar-refractivity contribution is -0.0300. The van der Waals surface area contributed by atoms with Crippen LogP contribution < -0.4 is 5.32 Å². The maximum atomic E-state index is 12.0. The highest BCUT2D eigenvalue weighted by Gasteiger charge is 2.34. The highest BCUT2D eigenvalue weighted by molar-refractivity contribution is 6.00. The third-order valence-electron chi connectivity index (χ3n) is 3.53. The molecule has 0 aliphatic heterocycles. The predicted octanol–water partition coefficient (Wildman–Crippen LogP) is 0.979. The molecule has 0 aromatic carbocycles. The molecule has 18 heavy (non-hydrogen) atoms. The van der Waals surface area contributed by atoms with Crippen LogP contribution in [0.3, 0.4) is 0 Å². The minimum Gasteiger partial charge on any atom is -0.388 e. The molecule has 1 aliphatic rings. The van der Waals surface area contributed by atoms with Crippen molar-refractivity contribution >= 4 is 11.4 Å². The maximum Gasteiger partial charge on any atom is 0.255 e. The number of nitrogens with one attached hydrogen (secondary N) is 1. The maximum absolute atomic E-state index is 12.0. The second kappa shape index (κ2) is 4.10. The van der Waals surface area contributed by atoms with E-state index in [1.54, 1.807) is 16.9 Å². The number of rotatable bonds is 3. The van der Waals surface area contributed by atoms with Crippen LogP contribution in [0.4, 0.5) is 0 Å². The van der Waals surface area contributed by atoms with Crippen molar-refractivity contribution in [3.63, 3.8) is 0 Å². The van der Waals surface area contributed by atoms with Gasteiger partial charge in [0.25, 0.3) is 5.91 Å². The zero-order valence-electron chi connectivity index (χ0n) is 9.97. The second-order valence-corrected chi connectivity index (χ2v) is 4.85. The van der Waals surface area contributed by atoms with Gasteiger partial charge >= 0.3 is 0 Å². The largest absolute Gasteiger partial charge is 0.388 e. The van der Waals surface area contributed by atoms with Gasteiger partial charge in [-0.05, 0) is 31.4 Å². The Kier molecular flexibility index (Phi) is 2.56. The Bertz CT molecular complexity index is 587. The molecule has 94 valence electrons. The van der Waals surface area contributed by atoms with E-state index in [-0.39, 0.29) is 5.91 Å². The summed E-state index contributed by atoms with van der Waals surface area (Å²) < 4.78 is 1.66. The summed E-state index contributed by atoms with van der Waals surface area (Å²) in [4.78, 5) is 12.0. The summed E-state index contributed by atoms with van der Waals surface area (Å²) in [6, 6.07) is 5.58. The van der Waals surface area contributed by atoms with Gasteiger partial charge in [-0.25, -0.2) is 4.52 Å². The van der Waals surface area contributed by atoms with E-state index in [1.807, 2.05) is 18.2 Å². The van der Waals surface area contributed by atoms with Gasteiger partial charge in [0.1, 0.15) is 0 Å². The van der Waals surface area contributed by atoms with Crippen LogP contribution in [0.1, 0.15) is 29.6 Å². The third-order valence-corrected chi connectivity index (χ3v) is 3.53. The van der Waals surface area contributed by atoms with Crippen LogP contribution in [-0.4, -0.2) is 32.8 Å². The Hall–Kier alpha value is -1.88. The topological polar surface area (TPSA) is 66.6 Å². The Morgan fingerprint density at radius 1 is 1.50 bits per heavy atom. The Morgan fingerprint density at radius 2 is 2.33 bits per heavy atom. The molecule has 0 bridgehead atoms. The van der Waals surface area contributed by atoms with Crippen molar-refractivity contribution in [1.82, 2.24) is 14.9 Å². The molecule has 0 atom stereocenters. The number of carbonyl (C=O) groups is 1. The predicted molar refractivity (Wildman–Crippen MR) is 66.3 cm³/mol. The number of fused-ring (bicyclic) bond motifs is 1. The van der Waals surface area contributed by atoms with Crippen molar-refractivity contribution in [2.24, 2.45) is 0 Å². The molecule has 5 nitrogen and oxygen atoms in total. The molecule has 2 aromatic heterocycles. The number of hydrogen-bond donors (Lipinski definition) is 2. The molecule has 1 aliphatic carbocycles. The summed E-state index contributed by atoms with van der Waals surface area (Å²) in [6.45, 7) is 0.315. The number of hydrogen-bond acceptors (Lipinski definition) is 3. The summed E-state index contributed by atoms with van der Waals surface area (Å²) >= 11 is 0. The zero-order chi connectivity index (χ0) is 12.6. The summed E-state index contributed by atoms with van der Waals surface area (Å²) in [7, 11) is 0. The van der Waals surface area contributed by atoms with E-state index in [1.165, 1.54) is 0 Å². The van der Waals surface area contributed by atoms with E-state index in [0.29, 0.717) is 12.1 Å². The fourth-order valence-corrected chi connectivity index (χ4v) is 2.21. The van der Waals surface area contributed by atoms with E-state index in [4.69, 9.17) is 0 Å². The lowest BCUT2D eigenvalue weighted by Crippen LogP contribution is -2.47. The smallest absolute Gasteiger partial charge is 0.255 e. The van der Waals surface area contributed by atoms with Crippen molar-refractivity contribution in [1.29, 1.82) is 0 Å². The van der Waals surface area contributed by atoms with Gasteiger partial charge in [0.05, 0.1) is 22.9 Å². The van der Waals surface area contributed by atoms with Crippen LogP contribution in [0.25, 0.3) is 5.52 Å². The average molecular weight is 245 g/mol. The zero-order valence-corrected chi connectivity index (χ0v) is 9.97. The van der Waals surface area contributed by atoms with E-state index in [0.717, 1.165) is 24.8 Å². The average Bonchev–Trinajstić information content (AvgIpc) is 2.77. The van der Waals surface area contributed by atoms with Crippen molar-refractivity contribution < 1.29 is 9.90 Å². The van der Waals surface area contributed by atoms with Crippen LogP contribution in [0.2, 0.25) is 0 Å². The first-order valence-electron chi connectivity index (χ1n) is 6.11. The SMILES string of the molecule is O=C(NCC1(O)CCC1)c1cnn2ccccc12. The van der Waals surface area contributed by atoms with Gasteiger partial charge in [0, 0.05) is 12.7 Å². The number of amides is 1. The third kappa shape index (κ3) is 1.86. The van der Waals surface area contributed by atoms with E-state index >= 15 is 0 Å². The van der Waals surface area contributed by atoms with Gasteiger partial charge in [0.2, 0.25) is 0 Å². The molecular formula is C13H15N3O2. The monoisotopic (exact) mass is 245 g/mol. The molecule has 5 heteroatoms. The van der Waals surface area contributed by atoms with Crippen molar-refractivity contribution in [2.45, 2.75) is 24.9 Å². The molecule has 1 amide bonds. The standard InChI is InChI=1S/C13H15N3O2/c17-12(14-9-13(18)5-3-6-13)10-8-15-16-7-2-1-4-11(10)16/h1-2,4,7-8,18H,3,5-6,9H2,(H,14,17). The second-order valence-electron chi connectivity index (χ2n) is 4.85. The van der Waals surface area contributed by atoms with E-state index < -0.39 is 5.60 Å². The van der Waals surface area contributed by atoms with Crippen molar-refractivity contribution in [3.8, 4) is 0 Å². The molecule has 1 saturated carbocycles. The van der Waals surface area contributed by atoms with Crippen LogP contribution in [0, 0.1) is 0 Å². The van der Waals surface area contributed by atoms with Gasteiger partial charge in [-0.15, -0.1) is 0 Å². The Balaban J connectivity index is 1.75. The lowest BCUT2D eigenvalue weighted by Gasteiger charge is -2.36. The minimum absolute atomic E-state index is 0.184. The number of aliphatic hydroxyl groups is 1. The minimum atomic E-state index is -0.696. The lowest BCUT2D eigenvalue weighted by atomic mass is 9.80. The molecule has 0 radical (unpaired) electrons. The van der Waals surface area contributed by atoms with Gasteiger partial charge in [-0.2, -0.15) is 5.10 Å². The van der Waals surface area contributed by atoms with Gasteiger partial charge < -0.3 is 10.4 Å². The molecule has 3 rings (SSSR count). The molecule has 0 saturated heterocycles. The summed E-state index contributed by atoms with van der Waals surface area (Å²) in [5.74, 6) is -0.184. The molecule has 0 spiro atoms. The summed E-state index contributed by atoms with van der Waals surface area (Å²) in [5.41, 5.74) is 0.618. The first-order chi connectivity index (χ1) is 8.68. The highest BCUT2D eigenvalue weighted by atomic mass is 16.3. The van der Waals surface area contributed by atoms with E-state index in [2.05, 4.69) is 10.4 Å². The Labute approximate surface area is 104 Å². The molecule has 0 unspecified atom stereocenters. The van der Waals surface area contributed by atoms with Crippen LogP contribution in [0.15, 0.2) is 30.6 Å². The fraction of sp³-hybridized carbons (Fsp3) is 0.385. The Morgan fingerprint density at radius 3 is 3.06 bits per heavy atom. The van der Waals surface area contributed by atoms with Crippen LogP contribution in [-0.2, 0) is 0 Å². The number of aromatic nitrogens is 2. The van der Waals surface area contributed by atoms with Crippen molar-refractivity contribution in [3.05, 3.63) is 36.2 Å². The first kappa shape index (κ1) is 11.2. The molecule has 2 N–H and O–H groups in total. The molecule has 2 aromatic rings. The van der Waals surface area contributed by atoms with Crippen LogP contribution >= 0.6 is 0 Å². The molecule has 1 fully saturated rings. The summed E-state index contributed by atoms with van der Waals surface area (Å²) in [6.07, 6.45) is 5.91. The van der Waals surface area contributed by atoms with Gasteiger partial charge in [0.15, 0.2) is 0 Å². The molecular weight excluding hydrogens is 230 g/mol. The van der Waals surface area contributed by atoms with E-state index in [9.17, 15) is 9.90 Å². The van der Waals surface area contributed by atoms with Crippen molar-refractivity contribution in [2.75, 3.05) is 6.54 Å². The van der Waals surface area contributed by atoms with Crippen LogP contribution in [0.5, 0.6) is 0 Å². The van der Waals surface area contributed by atoms with Gasteiger partial charge in [-0.1, -0.05) is 6.07 Å². The quantitative estimate of drug-likeness (QED) is 0.847. The fourth-order valence-electron chi connectivity index (χ4n) is 2.21. The highest BCUT2D eigenvalue weighted by Crippen LogP contribution is 2.30. The number of pyridine rings is 1. The summed E-state index contributed by atoms with van der Waals surface area (Å²) in [5, 5.41) is 16.8. The van der Waals surface area contributed by atoms with Gasteiger partial charge in [-0.3, -0.25) is 4.79 Å².